The first-order chi connectivity index (χ1) is 8.17. The topological polar surface area (TPSA) is 35.5 Å². The first-order valence-electron chi connectivity index (χ1n) is 5.72. The molecule has 0 atom stereocenters. The number of hydrogen-bond acceptors (Lipinski definition) is 3. The highest BCUT2D eigenvalue weighted by atomic mass is 127. The number of carbonyl (C=O) groups excluding carboxylic acids is 1. The fourth-order valence-electron chi connectivity index (χ4n) is 1.81. The smallest absolute Gasteiger partial charge is 0.337 e. The van der Waals surface area contributed by atoms with Gasteiger partial charge in [-0.1, -0.05) is 0 Å². The summed E-state index contributed by atoms with van der Waals surface area (Å²) in [5.41, 5.74) is 1.80. The van der Waals surface area contributed by atoms with Crippen LogP contribution in [0.4, 0.5) is 0 Å². The number of rotatable bonds is 4. The zero-order valence-electron chi connectivity index (χ0n) is 9.96. The van der Waals surface area contributed by atoms with Crippen molar-refractivity contribution in [1.29, 1.82) is 0 Å². The van der Waals surface area contributed by atoms with Crippen LogP contribution in [-0.2, 0) is 4.74 Å². The van der Waals surface area contributed by atoms with Crippen LogP contribution < -0.4 is 4.74 Å². The Morgan fingerprint density at radius 3 is 2.71 bits per heavy atom. The van der Waals surface area contributed by atoms with Crippen LogP contribution in [0, 0.1) is 3.57 Å². The molecule has 3 nitrogen and oxygen atoms in total. The fourth-order valence-corrected chi connectivity index (χ4v) is 2.71. The second kappa shape index (κ2) is 5.25. The second-order valence-corrected chi connectivity index (χ2v) is 5.16. The molecule has 1 aliphatic carbocycles. The lowest BCUT2D eigenvalue weighted by Gasteiger charge is -2.12. The summed E-state index contributed by atoms with van der Waals surface area (Å²) in [4.78, 5) is 11.6. The van der Waals surface area contributed by atoms with Crippen LogP contribution in [0.1, 0.15) is 41.6 Å². The quantitative estimate of drug-likeness (QED) is 0.620. The van der Waals surface area contributed by atoms with Crippen molar-refractivity contribution in [2.24, 2.45) is 0 Å². The van der Waals surface area contributed by atoms with Crippen LogP contribution in [-0.4, -0.2) is 19.7 Å². The minimum atomic E-state index is -0.302. The third kappa shape index (κ3) is 2.73. The lowest BCUT2D eigenvalue weighted by molar-refractivity contribution is 0.0600. The van der Waals surface area contributed by atoms with E-state index in [1.165, 1.54) is 25.5 Å². The normalized spacial score (nSPS) is 14.5. The molecule has 4 heteroatoms. The molecule has 0 heterocycles. The van der Waals surface area contributed by atoms with Gasteiger partial charge in [-0.2, -0.15) is 0 Å². The molecule has 2 rings (SSSR count). The molecule has 0 spiro atoms. The van der Waals surface area contributed by atoms with Gasteiger partial charge in [0.1, 0.15) is 5.75 Å². The van der Waals surface area contributed by atoms with E-state index in [1.807, 2.05) is 13.0 Å². The average molecular weight is 346 g/mol. The van der Waals surface area contributed by atoms with Crippen molar-refractivity contribution in [2.45, 2.75) is 25.7 Å². The third-order valence-corrected chi connectivity index (χ3v) is 3.96. The Labute approximate surface area is 115 Å². The summed E-state index contributed by atoms with van der Waals surface area (Å²) in [6, 6.07) is 3.71. The molecule has 0 saturated heterocycles. The summed E-state index contributed by atoms with van der Waals surface area (Å²) in [6.45, 7) is 2.54. The monoisotopic (exact) mass is 346 g/mol. The van der Waals surface area contributed by atoms with Crippen molar-refractivity contribution in [3.63, 3.8) is 0 Å². The van der Waals surface area contributed by atoms with Gasteiger partial charge in [0.25, 0.3) is 0 Å². The summed E-state index contributed by atoms with van der Waals surface area (Å²) in [6.07, 6.45) is 2.40. The van der Waals surface area contributed by atoms with E-state index in [0.717, 1.165) is 9.32 Å². The van der Waals surface area contributed by atoms with Gasteiger partial charge in [0.2, 0.25) is 0 Å². The van der Waals surface area contributed by atoms with Crippen LogP contribution >= 0.6 is 22.6 Å². The maximum absolute atomic E-state index is 11.6. The predicted octanol–water partition coefficient (Wildman–Crippen LogP) is 3.35. The molecular weight excluding hydrogens is 331 g/mol. The highest BCUT2D eigenvalue weighted by Gasteiger charge is 2.28. The molecular formula is C13H15IO3. The maximum Gasteiger partial charge on any atom is 0.337 e. The van der Waals surface area contributed by atoms with Crippen molar-refractivity contribution in [1.82, 2.24) is 0 Å². The molecule has 0 bridgehead atoms. The second-order valence-electron chi connectivity index (χ2n) is 4.08. The van der Waals surface area contributed by atoms with Crippen molar-refractivity contribution < 1.29 is 14.3 Å². The van der Waals surface area contributed by atoms with Gasteiger partial charge in [0, 0.05) is 0 Å². The van der Waals surface area contributed by atoms with E-state index in [4.69, 9.17) is 9.47 Å². The van der Waals surface area contributed by atoms with Crippen LogP contribution in [0.15, 0.2) is 12.1 Å². The molecule has 1 aromatic carbocycles. The Morgan fingerprint density at radius 1 is 1.47 bits per heavy atom. The van der Waals surface area contributed by atoms with E-state index in [0.29, 0.717) is 18.1 Å². The van der Waals surface area contributed by atoms with Crippen molar-refractivity contribution >= 4 is 28.6 Å². The lowest BCUT2D eigenvalue weighted by Crippen LogP contribution is -2.05. The molecule has 0 radical (unpaired) electrons. The molecule has 0 aliphatic heterocycles. The number of esters is 1. The van der Waals surface area contributed by atoms with Gasteiger partial charge in [-0.3, -0.25) is 0 Å². The van der Waals surface area contributed by atoms with Crippen molar-refractivity contribution in [3.8, 4) is 5.75 Å². The number of methoxy groups -OCH3 is 1. The zero-order valence-corrected chi connectivity index (χ0v) is 12.1. The van der Waals surface area contributed by atoms with E-state index in [2.05, 4.69) is 22.6 Å². The van der Waals surface area contributed by atoms with Crippen LogP contribution in [0.2, 0.25) is 0 Å². The molecule has 0 aromatic heterocycles. The van der Waals surface area contributed by atoms with Crippen molar-refractivity contribution in [3.05, 3.63) is 26.8 Å². The van der Waals surface area contributed by atoms with Gasteiger partial charge < -0.3 is 9.47 Å². The Morgan fingerprint density at radius 2 is 2.18 bits per heavy atom. The Bertz CT molecular complexity index is 439. The standard InChI is InChI=1S/C13H15IO3/c1-3-17-11-7-9(13(15)16-2)6-10(12(11)14)8-4-5-8/h6-8H,3-5H2,1-2H3. The Hall–Kier alpha value is -0.780. The van der Waals surface area contributed by atoms with E-state index in [9.17, 15) is 4.79 Å². The SMILES string of the molecule is CCOc1cc(C(=O)OC)cc(C2CC2)c1I. The number of carbonyl (C=O) groups is 1. The molecule has 1 aromatic rings. The highest BCUT2D eigenvalue weighted by Crippen LogP contribution is 2.44. The minimum Gasteiger partial charge on any atom is -0.493 e. The molecule has 17 heavy (non-hydrogen) atoms. The Balaban J connectivity index is 2.43. The largest absolute Gasteiger partial charge is 0.493 e. The first-order valence-corrected chi connectivity index (χ1v) is 6.79. The van der Waals surface area contributed by atoms with Gasteiger partial charge in [-0.15, -0.1) is 0 Å². The molecule has 0 N–H and O–H groups in total. The number of halogens is 1. The van der Waals surface area contributed by atoms with Gasteiger partial charge in [-0.25, -0.2) is 4.79 Å². The zero-order chi connectivity index (χ0) is 12.4. The minimum absolute atomic E-state index is 0.302. The molecule has 0 amide bonds. The highest BCUT2D eigenvalue weighted by molar-refractivity contribution is 14.1. The van der Waals surface area contributed by atoms with Crippen LogP contribution in [0.5, 0.6) is 5.75 Å². The lowest BCUT2D eigenvalue weighted by atomic mass is 10.1. The first kappa shape index (κ1) is 12.7. The maximum atomic E-state index is 11.6. The summed E-state index contributed by atoms with van der Waals surface area (Å²) in [7, 11) is 1.40. The van der Waals surface area contributed by atoms with E-state index in [1.54, 1.807) is 6.07 Å². The number of hydrogen-bond donors (Lipinski definition) is 0. The van der Waals surface area contributed by atoms with Crippen molar-refractivity contribution in [2.75, 3.05) is 13.7 Å². The van der Waals surface area contributed by atoms with Gasteiger partial charge >= 0.3 is 5.97 Å². The number of ether oxygens (including phenoxy) is 2. The van der Waals surface area contributed by atoms with Crippen LogP contribution in [0.3, 0.4) is 0 Å². The van der Waals surface area contributed by atoms with E-state index < -0.39 is 0 Å². The number of benzene rings is 1. The molecule has 0 unspecified atom stereocenters. The Kier molecular flexibility index (Phi) is 3.91. The average Bonchev–Trinajstić information content (AvgIpc) is 3.15. The van der Waals surface area contributed by atoms with Gasteiger partial charge in [0.15, 0.2) is 0 Å². The summed E-state index contributed by atoms with van der Waals surface area (Å²) >= 11 is 2.29. The van der Waals surface area contributed by atoms with E-state index >= 15 is 0 Å². The van der Waals surface area contributed by atoms with Gasteiger partial charge in [0.05, 0.1) is 22.9 Å². The predicted molar refractivity (Wildman–Crippen MR) is 73.6 cm³/mol. The summed E-state index contributed by atoms with van der Waals surface area (Å²) < 4.78 is 11.5. The fraction of sp³-hybridized carbons (Fsp3) is 0.462. The molecule has 92 valence electrons. The molecule has 1 saturated carbocycles. The molecule has 1 aliphatic rings. The summed E-state index contributed by atoms with van der Waals surface area (Å²) in [5, 5.41) is 0. The third-order valence-electron chi connectivity index (χ3n) is 2.81. The summed E-state index contributed by atoms with van der Waals surface area (Å²) in [5.74, 6) is 1.08. The van der Waals surface area contributed by atoms with Crippen LogP contribution in [0.25, 0.3) is 0 Å². The molecule has 1 fully saturated rings. The van der Waals surface area contributed by atoms with Gasteiger partial charge in [-0.05, 0) is 66.0 Å². The van der Waals surface area contributed by atoms with E-state index in [-0.39, 0.29) is 5.97 Å².